The van der Waals surface area contributed by atoms with Crippen molar-refractivity contribution in [3.8, 4) is 0 Å². The third-order valence-corrected chi connectivity index (χ3v) is 4.80. The summed E-state index contributed by atoms with van der Waals surface area (Å²) in [6.07, 6.45) is -0.650. The fraction of sp³-hybridized carbons (Fsp3) is 0.182. The van der Waals surface area contributed by atoms with E-state index in [9.17, 15) is 14.4 Å². The Morgan fingerprint density at radius 2 is 1.60 bits per heavy atom. The molecule has 30 heavy (non-hydrogen) atoms. The Hall–Kier alpha value is -3.94. The molecule has 0 atom stereocenters. The molecule has 2 amide bonds. The van der Waals surface area contributed by atoms with Crippen LogP contribution in [-0.4, -0.2) is 39.2 Å². The first-order valence-corrected chi connectivity index (χ1v) is 9.57. The number of rotatable bonds is 4. The van der Waals surface area contributed by atoms with Crippen molar-refractivity contribution in [3.05, 3.63) is 83.0 Å². The number of aromatic nitrogens is 2. The molecule has 0 bridgehead atoms. The molecule has 2 aromatic carbocycles. The number of nitrogens with zero attached hydrogens (tertiary/aromatic N) is 3. The second kappa shape index (κ2) is 8.20. The van der Waals surface area contributed by atoms with Gasteiger partial charge in [0, 0.05) is 16.7 Å². The number of amides is 2. The summed E-state index contributed by atoms with van der Waals surface area (Å²) in [5.74, 6) is -0.266. The first kappa shape index (κ1) is 19.4. The molecule has 0 saturated heterocycles. The lowest BCUT2D eigenvalue weighted by Crippen LogP contribution is -2.27. The van der Waals surface area contributed by atoms with E-state index in [0.717, 1.165) is 4.68 Å². The van der Waals surface area contributed by atoms with Crippen LogP contribution in [0.5, 0.6) is 0 Å². The Labute approximate surface area is 173 Å². The number of carbonyl (C=O) groups is 3. The smallest absolute Gasteiger partial charge is 0.435 e. The van der Waals surface area contributed by atoms with Crippen LogP contribution in [-0.2, 0) is 17.8 Å². The maximum Gasteiger partial charge on any atom is 0.435 e. The van der Waals surface area contributed by atoms with Crippen molar-refractivity contribution < 1.29 is 19.1 Å². The van der Waals surface area contributed by atoms with Crippen molar-refractivity contribution in [2.45, 2.75) is 20.0 Å². The predicted molar refractivity (Wildman–Crippen MR) is 109 cm³/mol. The zero-order valence-corrected chi connectivity index (χ0v) is 16.4. The summed E-state index contributed by atoms with van der Waals surface area (Å²) >= 11 is 0. The van der Waals surface area contributed by atoms with Crippen molar-refractivity contribution in [1.29, 1.82) is 0 Å². The highest BCUT2D eigenvalue weighted by atomic mass is 16.6. The first-order chi connectivity index (χ1) is 14.6. The minimum absolute atomic E-state index is 0.164. The van der Waals surface area contributed by atoms with Crippen LogP contribution in [0.1, 0.15) is 38.9 Å². The quantitative estimate of drug-likeness (QED) is 0.720. The van der Waals surface area contributed by atoms with Crippen molar-refractivity contribution in [1.82, 2.24) is 14.7 Å². The summed E-state index contributed by atoms with van der Waals surface area (Å²) in [7, 11) is 0. The number of carbonyl (C=O) groups excluding carboxylic acids is 3. The summed E-state index contributed by atoms with van der Waals surface area (Å²) in [5.41, 5.74) is 2.16. The Bertz CT molecular complexity index is 1090. The molecule has 1 aliphatic rings. The minimum Gasteiger partial charge on any atom is -0.448 e. The van der Waals surface area contributed by atoms with E-state index < -0.39 is 6.09 Å². The van der Waals surface area contributed by atoms with Crippen LogP contribution < -0.4 is 5.32 Å². The highest BCUT2D eigenvalue weighted by Crippen LogP contribution is 2.31. The Balaban J connectivity index is 1.64. The molecule has 0 unspecified atom stereocenters. The Kier molecular flexibility index (Phi) is 5.30. The molecule has 0 spiro atoms. The van der Waals surface area contributed by atoms with Gasteiger partial charge in [0.15, 0.2) is 5.82 Å². The van der Waals surface area contributed by atoms with Gasteiger partial charge in [0.1, 0.15) is 0 Å². The van der Waals surface area contributed by atoms with Gasteiger partial charge in [-0.25, -0.2) is 4.79 Å². The summed E-state index contributed by atoms with van der Waals surface area (Å²) in [6, 6.07) is 17.6. The Morgan fingerprint density at radius 1 is 0.967 bits per heavy atom. The molecule has 1 N–H and O–H groups in total. The molecular weight excluding hydrogens is 384 g/mol. The van der Waals surface area contributed by atoms with E-state index in [4.69, 9.17) is 4.74 Å². The van der Waals surface area contributed by atoms with Gasteiger partial charge in [0.2, 0.25) is 0 Å². The molecule has 0 saturated carbocycles. The maximum atomic E-state index is 12.9. The zero-order valence-electron chi connectivity index (χ0n) is 16.4. The first-order valence-electron chi connectivity index (χ1n) is 9.57. The highest BCUT2D eigenvalue weighted by Gasteiger charge is 2.34. The lowest BCUT2D eigenvalue weighted by Gasteiger charge is -2.16. The number of nitrogens with one attached hydrogen (secondary N) is 1. The molecule has 2 heterocycles. The standard InChI is InChI=1S/C22H20N4O4/c1-2-30-22(29)26-18-14-25(21(28)16-11-7-4-8-12-16)13-17(18)19(24-26)23-20(27)15-9-5-3-6-10-15/h3-12H,2,13-14H2,1H3,(H,23,24,27). The van der Waals surface area contributed by atoms with Gasteiger partial charge < -0.3 is 15.0 Å². The van der Waals surface area contributed by atoms with Crippen LogP contribution in [0.4, 0.5) is 10.6 Å². The summed E-state index contributed by atoms with van der Waals surface area (Å²) in [6.45, 7) is 2.31. The topological polar surface area (TPSA) is 93.5 Å². The van der Waals surface area contributed by atoms with E-state index in [-0.39, 0.29) is 37.3 Å². The maximum absolute atomic E-state index is 12.9. The minimum atomic E-state index is -0.650. The van der Waals surface area contributed by atoms with Gasteiger partial charge in [-0.15, -0.1) is 5.10 Å². The summed E-state index contributed by atoms with van der Waals surface area (Å²) in [5, 5.41) is 7.01. The zero-order chi connectivity index (χ0) is 21.1. The Morgan fingerprint density at radius 3 is 2.23 bits per heavy atom. The number of hydrogen-bond donors (Lipinski definition) is 1. The number of hydrogen-bond acceptors (Lipinski definition) is 5. The van der Waals surface area contributed by atoms with Gasteiger partial charge in [0.25, 0.3) is 11.8 Å². The lowest BCUT2D eigenvalue weighted by atomic mass is 10.2. The van der Waals surface area contributed by atoms with Crippen molar-refractivity contribution in [2.75, 3.05) is 11.9 Å². The SMILES string of the molecule is CCOC(=O)n1nc(NC(=O)c2ccccc2)c2c1CN(C(=O)c1ccccc1)C2. The van der Waals surface area contributed by atoms with Gasteiger partial charge in [-0.05, 0) is 31.2 Å². The fourth-order valence-electron chi connectivity index (χ4n) is 3.35. The van der Waals surface area contributed by atoms with E-state index in [0.29, 0.717) is 22.4 Å². The van der Waals surface area contributed by atoms with Crippen molar-refractivity contribution in [3.63, 3.8) is 0 Å². The van der Waals surface area contributed by atoms with Gasteiger partial charge in [0.05, 0.1) is 25.4 Å². The normalized spacial score (nSPS) is 12.4. The monoisotopic (exact) mass is 404 g/mol. The molecule has 0 fully saturated rings. The summed E-state index contributed by atoms with van der Waals surface area (Å²) in [4.78, 5) is 39.5. The third-order valence-electron chi connectivity index (χ3n) is 4.80. The summed E-state index contributed by atoms with van der Waals surface area (Å²) < 4.78 is 6.20. The van der Waals surface area contributed by atoms with E-state index in [1.54, 1.807) is 60.4 Å². The fourth-order valence-corrected chi connectivity index (χ4v) is 3.35. The number of fused-ring (bicyclic) bond motifs is 1. The third kappa shape index (κ3) is 3.67. The molecule has 0 aliphatic carbocycles. The molecule has 1 aromatic heterocycles. The molecule has 0 radical (unpaired) electrons. The molecule has 1 aliphatic heterocycles. The van der Waals surface area contributed by atoms with E-state index in [1.165, 1.54) is 0 Å². The van der Waals surface area contributed by atoms with E-state index in [1.807, 2.05) is 12.1 Å². The molecule has 8 nitrogen and oxygen atoms in total. The highest BCUT2D eigenvalue weighted by molar-refractivity contribution is 6.04. The van der Waals surface area contributed by atoms with Crippen LogP contribution in [0.25, 0.3) is 0 Å². The number of benzene rings is 2. The largest absolute Gasteiger partial charge is 0.448 e. The molecule has 3 aromatic rings. The molecule has 8 heteroatoms. The molecule has 152 valence electrons. The van der Waals surface area contributed by atoms with Crippen molar-refractivity contribution >= 4 is 23.7 Å². The molecule has 4 rings (SSSR count). The van der Waals surface area contributed by atoms with Crippen LogP contribution in [0, 0.1) is 0 Å². The van der Waals surface area contributed by atoms with Crippen LogP contribution in [0.15, 0.2) is 60.7 Å². The lowest BCUT2D eigenvalue weighted by molar-refractivity contribution is 0.0747. The van der Waals surface area contributed by atoms with Gasteiger partial charge in [-0.1, -0.05) is 36.4 Å². The van der Waals surface area contributed by atoms with Crippen molar-refractivity contribution in [2.24, 2.45) is 0 Å². The molecular formula is C22H20N4O4. The second-order valence-electron chi connectivity index (χ2n) is 6.73. The van der Waals surface area contributed by atoms with Gasteiger partial charge in [-0.2, -0.15) is 4.68 Å². The van der Waals surface area contributed by atoms with Gasteiger partial charge in [-0.3, -0.25) is 9.59 Å². The van der Waals surface area contributed by atoms with Crippen LogP contribution in [0.2, 0.25) is 0 Å². The van der Waals surface area contributed by atoms with E-state index >= 15 is 0 Å². The van der Waals surface area contributed by atoms with Gasteiger partial charge >= 0.3 is 6.09 Å². The van der Waals surface area contributed by atoms with E-state index in [2.05, 4.69) is 10.4 Å². The predicted octanol–water partition coefficient (Wildman–Crippen LogP) is 3.30. The second-order valence-corrected chi connectivity index (χ2v) is 6.73. The van der Waals surface area contributed by atoms with Crippen LogP contribution in [0.3, 0.4) is 0 Å². The number of ether oxygens (including phenoxy) is 1. The average Bonchev–Trinajstić information content (AvgIpc) is 3.35. The average molecular weight is 404 g/mol. The number of anilines is 1. The van der Waals surface area contributed by atoms with Crippen LogP contribution >= 0.6 is 0 Å².